The first-order chi connectivity index (χ1) is 11.1. The lowest BCUT2D eigenvalue weighted by Crippen LogP contribution is -2.38. The van der Waals surface area contributed by atoms with Crippen LogP contribution >= 0.6 is 11.8 Å². The van der Waals surface area contributed by atoms with Crippen molar-refractivity contribution < 1.29 is 5.11 Å². The maximum Gasteiger partial charge on any atom is 0.191 e. The maximum atomic E-state index is 9.84. The Morgan fingerprint density at radius 2 is 2.17 bits per heavy atom. The molecule has 2 aromatic rings. The minimum atomic E-state index is -0.289. The molecule has 1 aromatic carbocycles. The molecule has 1 atom stereocenters. The Morgan fingerprint density at radius 3 is 2.96 bits per heavy atom. The molecule has 5 nitrogen and oxygen atoms in total. The number of benzene rings is 1. The quantitative estimate of drug-likeness (QED) is 0.663. The van der Waals surface area contributed by atoms with E-state index in [1.165, 1.54) is 11.1 Å². The van der Waals surface area contributed by atoms with Crippen LogP contribution in [0.15, 0.2) is 35.5 Å². The van der Waals surface area contributed by atoms with Gasteiger partial charge in [0.1, 0.15) is 11.6 Å². The van der Waals surface area contributed by atoms with Crippen LogP contribution in [-0.2, 0) is 5.75 Å². The van der Waals surface area contributed by atoms with Crippen molar-refractivity contribution in [2.45, 2.75) is 36.8 Å². The summed E-state index contributed by atoms with van der Waals surface area (Å²) in [4.78, 5) is 11.0. The molecule has 0 amide bonds. The molecule has 23 heavy (non-hydrogen) atoms. The molecule has 0 spiro atoms. The lowest BCUT2D eigenvalue weighted by atomic mass is 10.1. The van der Waals surface area contributed by atoms with E-state index in [4.69, 9.17) is 5.73 Å². The molecule has 1 aliphatic rings. The van der Waals surface area contributed by atoms with Gasteiger partial charge in [0.2, 0.25) is 0 Å². The zero-order valence-electron chi connectivity index (χ0n) is 13.3. The molecule has 0 radical (unpaired) electrons. The molecular formula is C17H22N4OS. The first-order valence-electron chi connectivity index (χ1n) is 7.86. The number of hydrogen-bond acceptors (Lipinski definition) is 6. The normalized spacial score (nSPS) is 18.2. The van der Waals surface area contributed by atoms with Crippen molar-refractivity contribution >= 4 is 23.4 Å². The second-order valence-electron chi connectivity index (χ2n) is 5.89. The van der Waals surface area contributed by atoms with Crippen molar-refractivity contribution in [3.63, 3.8) is 0 Å². The second-order valence-corrected chi connectivity index (χ2v) is 6.83. The van der Waals surface area contributed by atoms with Crippen LogP contribution in [0, 0.1) is 6.92 Å². The Morgan fingerprint density at radius 1 is 1.35 bits per heavy atom. The van der Waals surface area contributed by atoms with Crippen molar-refractivity contribution in [3.8, 4) is 0 Å². The van der Waals surface area contributed by atoms with Crippen LogP contribution < -0.4 is 10.6 Å². The molecule has 1 saturated heterocycles. The van der Waals surface area contributed by atoms with Crippen molar-refractivity contribution in [3.05, 3.63) is 41.5 Å². The van der Waals surface area contributed by atoms with Crippen LogP contribution in [0.2, 0.25) is 0 Å². The number of thioether (sulfide) groups is 1. The highest BCUT2D eigenvalue weighted by atomic mass is 32.2. The van der Waals surface area contributed by atoms with Crippen LogP contribution in [0.4, 0.5) is 11.6 Å². The van der Waals surface area contributed by atoms with E-state index in [9.17, 15) is 5.11 Å². The lowest BCUT2D eigenvalue weighted by molar-refractivity contribution is 0.154. The predicted molar refractivity (Wildman–Crippen MR) is 94.6 cm³/mol. The van der Waals surface area contributed by atoms with Gasteiger partial charge in [0, 0.05) is 24.9 Å². The first-order valence-corrected chi connectivity index (χ1v) is 8.85. The van der Waals surface area contributed by atoms with E-state index < -0.39 is 0 Å². The number of nitrogen functional groups attached to an aromatic ring is 1. The summed E-state index contributed by atoms with van der Waals surface area (Å²) in [6, 6.07) is 10.1. The highest BCUT2D eigenvalue weighted by Gasteiger charge is 2.20. The predicted octanol–water partition coefficient (Wildman–Crippen LogP) is 2.62. The fraction of sp³-hybridized carbons (Fsp3) is 0.412. The molecule has 3 rings (SSSR count). The average Bonchev–Trinajstić information content (AvgIpc) is 2.54. The number of nitrogens with zero attached hydrogens (tertiary/aromatic N) is 3. The van der Waals surface area contributed by atoms with E-state index >= 15 is 0 Å². The Kier molecular flexibility index (Phi) is 5.03. The van der Waals surface area contributed by atoms with E-state index in [-0.39, 0.29) is 6.10 Å². The van der Waals surface area contributed by atoms with E-state index in [1.807, 2.05) is 12.1 Å². The van der Waals surface area contributed by atoms with Crippen LogP contribution in [-0.4, -0.2) is 34.3 Å². The number of aliphatic hydroxyl groups is 1. The minimum absolute atomic E-state index is 0.289. The van der Waals surface area contributed by atoms with Gasteiger partial charge in [-0.15, -0.1) is 0 Å². The number of anilines is 2. The topological polar surface area (TPSA) is 75.3 Å². The van der Waals surface area contributed by atoms with Gasteiger partial charge >= 0.3 is 0 Å². The molecule has 2 heterocycles. The van der Waals surface area contributed by atoms with Crippen LogP contribution in [0.25, 0.3) is 0 Å². The summed E-state index contributed by atoms with van der Waals surface area (Å²) in [7, 11) is 0. The van der Waals surface area contributed by atoms with Crippen LogP contribution in [0.5, 0.6) is 0 Å². The van der Waals surface area contributed by atoms with Crippen LogP contribution in [0.1, 0.15) is 24.0 Å². The Labute approximate surface area is 140 Å². The smallest absolute Gasteiger partial charge is 0.191 e. The fourth-order valence-corrected chi connectivity index (χ4v) is 3.67. The van der Waals surface area contributed by atoms with Gasteiger partial charge in [-0.05, 0) is 30.9 Å². The Hall–Kier alpha value is -1.79. The van der Waals surface area contributed by atoms with Crippen molar-refractivity contribution in [2.24, 2.45) is 0 Å². The molecule has 0 aliphatic carbocycles. The van der Waals surface area contributed by atoms with Gasteiger partial charge in [-0.1, -0.05) is 36.0 Å². The number of nitrogens with two attached hydrogens (primary N) is 1. The number of piperidine rings is 1. The molecule has 0 bridgehead atoms. The summed E-state index contributed by atoms with van der Waals surface area (Å²) in [5, 5.41) is 10.5. The molecule has 0 saturated carbocycles. The number of aryl methyl sites for hydroxylation is 1. The number of aromatic nitrogens is 2. The lowest BCUT2D eigenvalue weighted by Gasteiger charge is -2.31. The third-order valence-corrected chi connectivity index (χ3v) is 4.95. The first kappa shape index (κ1) is 16.1. The van der Waals surface area contributed by atoms with E-state index in [2.05, 4.69) is 33.9 Å². The molecule has 6 heteroatoms. The Balaban J connectivity index is 1.74. The van der Waals surface area contributed by atoms with Gasteiger partial charge in [0.25, 0.3) is 0 Å². The average molecular weight is 330 g/mol. The summed E-state index contributed by atoms with van der Waals surface area (Å²) < 4.78 is 0. The second kappa shape index (κ2) is 7.19. The third-order valence-electron chi connectivity index (χ3n) is 4.05. The van der Waals surface area contributed by atoms with E-state index in [1.54, 1.807) is 17.8 Å². The summed E-state index contributed by atoms with van der Waals surface area (Å²) in [5.41, 5.74) is 8.49. The Bertz CT molecular complexity index is 679. The minimum Gasteiger partial charge on any atom is -0.391 e. The van der Waals surface area contributed by atoms with Gasteiger partial charge < -0.3 is 15.7 Å². The fourth-order valence-electron chi connectivity index (χ4n) is 2.73. The number of aliphatic hydroxyl groups excluding tert-OH is 1. The molecule has 3 N–H and O–H groups in total. The van der Waals surface area contributed by atoms with Crippen molar-refractivity contribution in [2.75, 3.05) is 23.7 Å². The van der Waals surface area contributed by atoms with Crippen LogP contribution in [0.3, 0.4) is 0 Å². The molecule has 122 valence electrons. The largest absolute Gasteiger partial charge is 0.391 e. The summed E-state index contributed by atoms with van der Waals surface area (Å²) in [5.74, 6) is 2.10. The zero-order chi connectivity index (χ0) is 16.2. The molecular weight excluding hydrogens is 308 g/mol. The standard InChI is InChI=1S/C17H22N4OS/c1-12-5-2-3-6-13(12)11-23-17-19-15(18)9-16(20-17)21-8-4-7-14(22)10-21/h2-3,5-6,9,14,22H,4,7-8,10-11H2,1H3,(H2,18,19,20). The summed E-state index contributed by atoms with van der Waals surface area (Å²) in [6.45, 7) is 3.62. The SMILES string of the molecule is Cc1ccccc1CSc1nc(N)cc(N2CCCC(O)C2)n1. The molecule has 1 aliphatic heterocycles. The summed E-state index contributed by atoms with van der Waals surface area (Å²) in [6.07, 6.45) is 1.53. The van der Waals surface area contributed by atoms with Gasteiger partial charge in [0.05, 0.1) is 6.10 Å². The third kappa shape index (κ3) is 4.14. The highest BCUT2D eigenvalue weighted by Crippen LogP contribution is 2.26. The van der Waals surface area contributed by atoms with Gasteiger partial charge in [-0.3, -0.25) is 0 Å². The number of β-amino-alcohol motifs (C(OH)–C–C–N with tert-alkyl or cyclic N) is 1. The molecule has 1 fully saturated rings. The zero-order valence-corrected chi connectivity index (χ0v) is 14.1. The van der Waals surface area contributed by atoms with E-state index in [0.29, 0.717) is 17.5 Å². The number of hydrogen-bond donors (Lipinski definition) is 2. The summed E-state index contributed by atoms with van der Waals surface area (Å²) >= 11 is 1.59. The molecule has 1 aromatic heterocycles. The maximum absolute atomic E-state index is 9.84. The van der Waals surface area contributed by atoms with Gasteiger partial charge in [0.15, 0.2) is 5.16 Å². The van der Waals surface area contributed by atoms with E-state index in [0.717, 1.165) is 31.0 Å². The van der Waals surface area contributed by atoms with Crippen molar-refractivity contribution in [1.82, 2.24) is 9.97 Å². The van der Waals surface area contributed by atoms with Gasteiger partial charge in [-0.25, -0.2) is 9.97 Å². The highest BCUT2D eigenvalue weighted by molar-refractivity contribution is 7.98. The molecule has 1 unspecified atom stereocenters. The van der Waals surface area contributed by atoms with Gasteiger partial charge in [-0.2, -0.15) is 0 Å². The number of rotatable bonds is 4. The van der Waals surface area contributed by atoms with Crippen molar-refractivity contribution in [1.29, 1.82) is 0 Å². The monoisotopic (exact) mass is 330 g/mol.